The summed E-state index contributed by atoms with van der Waals surface area (Å²) in [5.41, 5.74) is 3.82. The lowest BCUT2D eigenvalue weighted by Crippen LogP contribution is -2.38. The summed E-state index contributed by atoms with van der Waals surface area (Å²) in [5, 5.41) is 9.28. The summed E-state index contributed by atoms with van der Waals surface area (Å²) in [5.74, 6) is 0.886. The summed E-state index contributed by atoms with van der Waals surface area (Å²) in [6, 6.07) is 15.7. The molecule has 1 aliphatic rings. The van der Waals surface area contributed by atoms with E-state index in [1.54, 1.807) is 7.05 Å². The van der Waals surface area contributed by atoms with Crippen LogP contribution in [0.2, 0.25) is 0 Å². The number of amides is 2. The van der Waals surface area contributed by atoms with E-state index in [0.29, 0.717) is 25.1 Å². The molecule has 7 heteroatoms. The van der Waals surface area contributed by atoms with E-state index in [2.05, 4.69) is 20.9 Å². The average molecular weight is 436 g/mol. The van der Waals surface area contributed by atoms with E-state index < -0.39 is 0 Å². The van der Waals surface area contributed by atoms with E-state index in [-0.39, 0.29) is 11.8 Å². The molecule has 32 heavy (non-hydrogen) atoms. The van der Waals surface area contributed by atoms with Crippen LogP contribution in [0.25, 0.3) is 0 Å². The van der Waals surface area contributed by atoms with Crippen molar-refractivity contribution in [3.63, 3.8) is 0 Å². The first kappa shape index (κ1) is 23.3. The first-order chi connectivity index (χ1) is 15.6. The van der Waals surface area contributed by atoms with Gasteiger partial charge in [0.15, 0.2) is 5.96 Å². The molecule has 1 saturated heterocycles. The zero-order valence-electron chi connectivity index (χ0n) is 19.0. The molecular formula is C25H33N5O2. The maximum Gasteiger partial charge on any atom is 0.251 e. The van der Waals surface area contributed by atoms with Gasteiger partial charge in [-0.25, -0.2) is 4.99 Å². The van der Waals surface area contributed by atoms with Crippen molar-refractivity contribution in [1.29, 1.82) is 0 Å². The van der Waals surface area contributed by atoms with Gasteiger partial charge in [0.05, 0.1) is 6.54 Å². The fourth-order valence-corrected chi connectivity index (χ4v) is 3.71. The molecule has 2 amide bonds. The van der Waals surface area contributed by atoms with Crippen LogP contribution < -0.4 is 20.9 Å². The highest BCUT2D eigenvalue weighted by molar-refractivity contribution is 5.94. The van der Waals surface area contributed by atoms with E-state index >= 15 is 0 Å². The van der Waals surface area contributed by atoms with Crippen molar-refractivity contribution in [3.8, 4) is 0 Å². The van der Waals surface area contributed by atoms with Crippen LogP contribution in [0, 0.1) is 0 Å². The summed E-state index contributed by atoms with van der Waals surface area (Å²) in [6.07, 6.45) is 3.47. The maximum atomic E-state index is 12.1. The van der Waals surface area contributed by atoms with E-state index in [4.69, 9.17) is 0 Å². The van der Waals surface area contributed by atoms with Crippen molar-refractivity contribution in [3.05, 3.63) is 65.2 Å². The Balaban J connectivity index is 1.54. The van der Waals surface area contributed by atoms with E-state index in [9.17, 15) is 9.59 Å². The summed E-state index contributed by atoms with van der Waals surface area (Å²) >= 11 is 0. The summed E-state index contributed by atoms with van der Waals surface area (Å²) in [7, 11) is 1.64. The molecule has 1 aliphatic heterocycles. The number of anilines is 1. The number of rotatable bonds is 8. The van der Waals surface area contributed by atoms with Crippen molar-refractivity contribution < 1.29 is 9.59 Å². The molecule has 0 radical (unpaired) electrons. The monoisotopic (exact) mass is 435 g/mol. The zero-order valence-corrected chi connectivity index (χ0v) is 19.0. The Morgan fingerprint density at radius 2 is 1.88 bits per heavy atom. The Morgan fingerprint density at radius 3 is 2.59 bits per heavy atom. The first-order valence-electron chi connectivity index (χ1n) is 11.3. The normalized spacial score (nSPS) is 14.2. The Morgan fingerprint density at radius 1 is 1.06 bits per heavy atom. The molecule has 1 heterocycles. The molecule has 3 N–H and O–H groups in total. The van der Waals surface area contributed by atoms with E-state index in [1.165, 1.54) is 0 Å². The molecule has 0 atom stereocenters. The third-order valence-corrected chi connectivity index (χ3v) is 5.46. The predicted molar refractivity (Wildman–Crippen MR) is 129 cm³/mol. The van der Waals surface area contributed by atoms with Crippen molar-refractivity contribution >= 4 is 23.5 Å². The van der Waals surface area contributed by atoms with Crippen molar-refractivity contribution in [2.24, 2.45) is 4.99 Å². The maximum absolute atomic E-state index is 12.1. The topological polar surface area (TPSA) is 85.8 Å². The number of nitrogens with zero attached hydrogens (tertiary/aromatic N) is 2. The first-order valence-corrected chi connectivity index (χ1v) is 11.3. The molecule has 0 aromatic heterocycles. The number of nitrogens with one attached hydrogen (secondary N) is 3. The van der Waals surface area contributed by atoms with Gasteiger partial charge in [0.25, 0.3) is 5.91 Å². The molecule has 0 unspecified atom stereocenters. The van der Waals surface area contributed by atoms with Crippen LogP contribution in [0.1, 0.15) is 47.7 Å². The van der Waals surface area contributed by atoms with Gasteiger partial charge in [-0.05, 0) is 61.6 Å². The van der Waals surface area contributed by atoms with Gasteiger partial charge < -0.3 is 20.9 Å². The predicted octanol–water partition coefficient (Wildman–Crippen LogP) is 2.86. The molecule has 0 bridgehead atoms. The molecule has 0 aliphatic carbocycles. The molecule has 170 valence electrons. The van der Waals surface area contributed by atoms with Crippen molar-refractivity contribution in [2.45, 2.75) is 39.2 Å². The van der Waals surface area contributed by atoms with Gasteiger partial charge in [-0.15, -0.1) is 0 Å². The minimum Gasteiger partial charge on any atom is -0.357 e. The Labute approximate surface area is 190 Å². The molecule has 7 nitrogen and oxygen atoms in total. The lowest BCUT2D eigenvalue weighted by molar-refractivity contribution is -0.119. The minimum absolute atomic E-state index is 0.0784. The SMILES string of the molecule is CCNC(=NCc1ccc(N2CCCCC2=O)cc1)NCCc1cccc(C(=O)NC)c1. The third-order valence-electron chi connectivity index (χ3n) is 5.46. The second kappa shape index (κ2) is 11.9. The molecule has 0 spiro atoms. The van der Waals surface area contributed by atoms with Gasteiger partial charge >= 0.3 is 0 Å². The van der Waals surface area contributed by atoms with Gasteiger partial charge in [-0.1, -0.05) is 24.3 Å². The third kappa shape index (κ3) is 6.57. The molecule has 3 rings (SSSR count). The number of benzene rings is 2. The van der Waals surface area contributed by atoms with Gasteiger partial charge in [0, 0.05) is 44.4 Å². The highest BCUT2D eigenvalue weighted by Gasteiger charge is 2.19. The van der Waals surface area contributed by atoms with Crippen LogP contribution in [-0.4, -0.2) is 44.5 Å². The lowest BCUT2D eigenvalue weighted by Gasteiger charge is -2.26. The van der Waals surface area contributed by atoms with Crippen molar-refractivity contribution in [1.82, 2.24) is 16.0 Å². The minimum atomic E-state index is -0.0784. The van der Waals surface area contributed by atoms with Crippen LogP contribution >= 0.6 is 0 Å². The number of guanidine groups is 1. The van der Waals surface area contributed by atoms with Gasteiger partial charge in [-0.3, -0.25) is 9.59 Å². The highest BCUT2D eigenvalue weighted by atomic mass is 16.2. The molecule has 2 aromatic carbocycles. The molecule has 0 saturated carbocycles. The van der Waals surface area contributed by atoms with Gasteiger partial charge in [0.2, 0.25) is 5.91 Å². The number of aliphatic imine (C=N–C) groups is 1. The standard InChI is InChI=1S/C25H33N5O2/c1-3-27-25(28-15-14-19-7-6-8-21(17-19)24(32)26-2)29-18-20-10-12-22(13-11-20)30-16-5-4-9-23(30)31/h6-8,10-13,17H,3-5,9,14-16,18H2,1-2H3,(H,26,32)(H2,27,28,29). The van der Waals surface area contributed by atoms with Crippen LogP contribution in [0.5, 0.6) is 0 Å². The van der Waals surface area contributed by atoms with Gasteiger partial charge in [0.1, 0.15) is 0 Å². The molecule has 1 fully saturated rings. The average Bonchev–Trinajstić information content (AvgIpc) is 2.83. The second-order valence-corrected chi connectivity index (χ2v) is 7.82. The van der Waals surface area contributed by atoms with Crippen LogP contribution in [0.15, 0.2) is 53.5 Å². The summed E-state index contributed by atoms with van der Waals surface area (Å²) in [4.78, 5) is 30.5. The quantitative estimate of drug-likeness (QED) is 0.440. The lowest BCUT2D eigenvalue weighted by atomic mass is 10.1. The fraction of sp³-hybridized carbons (Fsp3) is 0.400. The number of piperidine rings is 1. The molecule has 2 aromatic rings. The highest BCUT2D eigenvalue weighted by Crippen LogP contribution is 2.21. The Kier molecular flexibility index (Phi) is 8.66. The smallest absolute Gasteiger partial charge is 0.251 e. The number of hydrogen-bond acceptors (Lipinski definition) is 3. The Bertz CT molecular complexity index is 940. The van der Waals surface area contributed by atoms with Crippen molar-refractivity contribution in [2.75, 3.05) is 31.6 Å². The Hall–Kier alpha value is -3.35. The number of hydrogen-bond donors (Lipinski definition) is 3. The van der Waals surface area contributed by atoms with Crippen LogP contribution in [-0.2, 0) is 17.8 Å². The largest absolute Gasteiger partial charge is 0.357 e. The summed E-state index contributed by atoms with van der Waals surface area (Å²) < 4.78 is 0. The van der Waals surface area contributed by atoms with E-state index in [0.717, 1.165) is 55.1 Å². The second-order valence-electron chi connectivity index (χ2n) is 7.82. The van der Waals surface area contributed by atoms with Crippen LogP contribution in [0.3, 0.4) is 0 Å². The molecular weight excluding hydrogens is 402 g/mol. The summed E-state index contributed by atoms with van der Waals surface area (Å²) in [6.45, 7) is 4.87. The number of carbonyl (C=O) groups is 2. The fourth-order valence-electron chi connectivity index (χ4n) is 3.71. The van der Waals surface area contributed by atoms with E-state index in [1.807, 2.05) is 60.4 Å². The zero-order chi connectivity index (χ0) is 22.8. The number of carbonyl (C=O) groups excluding carboxylic acids is 2. The van der Waals surface area contributed by atoms with Gasteiger partial charge in [-0.2, -0.15) is 0 Å². The van der Waals surface area contributed by atoms with Crippen LogP contribution in [0.4, 0.5) is 5.69 Å².